The summed E-state index contributed by atoms with van der Waals surface area (Å²) in [5.41, 5.74) is 6.17. The molecular weight excluding hydrogens is 283 g/mol. The smallest absolute Gasteiger partial charge is 0.478 e. The maximum Gasteiger partial charge on any atom is 0.491 e. The second-order valence-corrected chi connectivity index (χ2v) is 6.28. The summed E-state index contributed by atoms with van der Waals surface area (Å²) >= 11 is 0. The van der Waals surface area contributed by atoms with Crippen LogP contribution in [0.5, 0.6) is 0 Å². The van der Waals surface area contributed by atoms with Gasteiger partial charge in [0, 0.05) is 24.5 Å². The molecule has 1 saturated heterocycles. The minimum absolute atomic E-state index is 0.164. The van der Waals surface area contributed by atoms with E-state index in [-0.39, 0.29) is 12.1 Å². The molecule has 3 N–H and O–H groups in total. The standard InChI is InChI=1S/C15H21BN2O4/c1-14(2)15(3,4)22-16(21-14)11(8-17)7-10-9-18-6-5-12(10)13(19)20/h5-7,9H,8,17H2,1-4H3,(H,19,20). The third kappa shape index (κ3) is 3.06. The van der Waals surface area contributed by atoms with Crippen molar-refractivity contribution in [3.63, 3.8) is 0 Å². The highest BCUT2D eigenvalue weighted by Crippen LogP contribution is 2.38. The van der Waals surface area contributed by atoms with E-state index in [0.717, 1.165) is 0 Å². The molecule has 0 bridgehead atoms. The molecule has 1 aromatic rings. The van der Waals surface area contributed by atoms with Gasteiger partial charge in [-0.1, -0.05) is 6.08 Å². The van der Waals surface area contributed by atoms with Gasteiger partial charge in [-0.25, -0.2) is 4.79 Å². The Hall–Kier alpha value is -1.70. The van der Waals surface area contributed by atoms with Crippen LogP contribution in [-0.4, -0.2) is 40.9 Å². The summed E-state index contributed by atoms with van der Waals surface area (Å²) in [7, 11) is -0.600. The van der Waals surface area contributed by atoms with Crippen LogP contribution in [0.2, 0.25) is 0 Å². The van der Waals surface area contributed by atoms with E-state index in [4.69, 9.17) is 15.0 Å². The maximum atomic E-state index is 11.3. The molecule has 0 amide bonds. The van der Waals surface area contributed by atoms with Crippen LogP contribution in [0.3, 0.4) is 0 Å². The number of hydrogen-bond acceptors (Lipinski definition) is 5. The van der Waals surface area contributed by atoms with Crippen LogP contribution in [0.25, 0.3) is 6.08 Å². The Bertz CT molecular complexity index is 597. The van der Waals surface area contributed by atoms with Gasteiger partial charge in [0.25, 0.3) is 0 Å². The summed E-state index contributed by atoms with van der Waals surface area (Å²) in [6.45, 7) is 8.01. The van der Waals surface area contributed by atoms with Gasteiger partial charge in [-0.15, -0.1) is 0 Å². The van der Waals surface area contributed by atoms with E-state index >= 15 is 0 Å². The maximum absolute atomic E-state index is 11.3. The third-order valence-corrected chi connectivity index (χ3v) is 4.21. The lowest BCUT2D eigenvalue weighted by atomic mass is 9.77. The molecule has 0 unspecified atom stereocenters. The highest BCUT2D eigenvalue weighted by atomic mass is 16.7. The van der Waals surface area contributed by atoms with Gasteiger partial charge in [0.05, 0.1) is 16.8 Å². The van der Waals surface area contributed by atoms with Crippen molar-refractivity contribution in [2.45, 2.75) is 38.9 Å². The Morgan fingerprint density at radius 2 is 1.95 bits per heavy atom. The van der Waals surface area contributed by atoms with Crippen molar-refractivity contribution >= 4 is 19.2 Å². The number of nitrogens with zero attached hydrogens (tertiary/aromatic N) is 1. The molecule has 0 atom stereocenters. The Balaban J connectivity index is 2.36. The fourth-order valence-electron chi connectivity index (χ4n) is 2.13. The Morgan fingerprint density at radius 1 is 1.36 bits per heavy atom. The van der Waals surface area contributed by atoms with Crippen molar-refractivity contribution in [3.8, 4) is 0 Å². The predicted molar refractivity (Wildman–Crippen MR) is 84.3 cm³/mol. The number of hydrogen-bond donors (Lipinski definition) is 2. The van der Waals surface area contributed by atoms with Gasteiger partial charge in [0.1, 0.15) is 0 Å². The molecule has 0 aromatic carbocycles. The van der Waals surface area contributed by atoms with E-state index < -0.39 is 24.3 Å². The van der Waals surface area contributed by atoms with Gasteiger partial charge in [-0.3, -0.25) is 4.98 Å². The van der Waals surface area contributed by atoms with Crippen molar-refractivity contribution in [1.29, 1.82) is 0 Å². The number of pyridine rings is 1. The number of carboxylic acid groups (broad SMARTS) is 1. The van der Waals surface area contributed by atoms with E-state index in [2.05, 4.69) is 4.98 Å². The van der Waals surface area contributed by atoms with Crippen molar-refractivity contribution in [1.82, 2.24) is 4.98 Å². The van der Waals surface area contributed by atoms with Crippen LogP contribution in [-0.2, 0) is 9.31 Å². The van der Waals surface area contributed by atoms with Crippen LogP contribution in [0, 0.1) is 0 Å². The molecule has 2 rings (SSSR count). The number of rotatable bonds is 4. The SMILES string of the molecule is CC1(C)OB(C(=Cc2cnccc2C(=O)O)CN)OC1(C)C. The lowest BCUT2D eigenvalue weighted by Crippen LogP contribution is -2.41. The first-order valence-electron chi connectivity index (χ1n) is 7.11. The molecule has 6 nitrogen and oxygen atoms in total. The zero-order valence-electron chi connectivity index (χ0n) is 13.3. The minimum atomic E-state index is -1.01. The second-order valence-electron chi connectivity index (χ2n) is 6.28. The van der Waals surface area contributed by atoms with Gasteiger partial charge < -0.3 is 20.1 Å². The molecule has 0 spiro atoms. The van der Waals surface area contributed by atoms with Gasteiger partial charge in [0.15, 0.2) is 0 Å². The van der Waals surface area contributed by atoms with Crippen LogP contribution in [0.15, 0.2) is 23.9 Å². The highest BCUT2D eigenvalue weighted by molar-refractivity contribution is 6.56. The Labute approximate surface area is 130 Å². The van der Waals surface area contributed by atoms with Crippen molar-refractivity contribution < 1.29 is 19.2 Å². The molecule has 0 aliphatic carbocycles. The molecule has 2 heterocycles. The number of carboxylic acids is 1. The van der Waals surface area contributed by atoms with Gasteiger partial charge in [0.2, 0.25) is 0 Å². The monoisotopic (exact) mass is 304 g/mol. The van der Waals surface area contributed by atoms with Crippen LogP contribution >= 0.6 is 0 Å². The number of nitrogens with two attached hydrogens (primary N) is 1. The molecule has 0 saturated carbocycles. The fraction of sp³-hybridized carbons (Fsp3) is 0.467. The molecule has 22 heavy (non-hydrogen) atoms. The minimum Gasteiger partial charge on any atom is -0.478 e. The molecule has 7 heteroatoms. The second kappa shape index (κ2) is 5.83. The van der Waals surface area contributed by atoms with Crippen LogP contribution in [0.1, 0.15) is 43.6 Å². The van der Waals surface area contributed by atoms with E-state index in [0.29, 0.717) is 11.0 Å². The van der Waals surface area contributed by atoms with Crippen molar-refractivity contribution in [2.24, 2.45) is 5.73 Å². The molecule has 1 aliphatic heterocycles. The van der Waals surface area contributed by atoms with Gasteiger partial charge >= 0.3 is 13.1 Å². The van der Waals surface area contributed by atoms with Crippen molar-refractivity contribution in [3.05, 3.63) is 35.1 Å². The van der Waals surface area contributed by atoms with Crippen LogP contribution < -0.4 is 5.73 Å². The number of carbonyl (C=O) groups is 1. The number of aromatic nitrogens is 1. The van der Waals surface area contributed by atoms with Crippen molar-refractivity contribution in [2.75, 3.05) is 6.54 Å². The topological polar surface area (TPSA) is 94.7 Å². The number of aromatic carboxylic acids is 1. The fourth-order valence-corrected chi connectivity index (χ4v) is 2.13. The zero-order chi connectivity index (χ0) is 16.5. The molecule has 1 fully saturated rings. The first-order valence-corrected chi connectivity index (χ1v) is 7.11. The van der Waals surface area contributed by atoms with Crippen LogP contribution in [0.4, 0.5) is 0 Å². The summed E-state index contributed by atoms with van der Waals surface area (Å²) in [5.74, 6) is -1.01. The summed E-state index contributed by atoms with van der Waals surface area (Å²) in [4.78, 5) is 15.2. The predicted octanol–water partition coefficient (Wildman–Crippen LogP) is 1.75. The van der Waals surface area contributed by atoms with Gasteiger partial charge in [-0.05, 0) is 39.2 Å². The van der Waals surface area contributed by atoms with E-state index in [1.54, 1.807) is 6.08 Å². The quantitative estimate of drug-likeness (QED) is 0.823. The van der Waals surface area contributed by atoms with E-state index in [1.807, 2.05) is 27.7 Å². The van der Waals surface area contributed by atoms with E-state index in [1.165, 1.54) is 18.5 Å². The zero-order valence-corrected chi connectivity index (χ0v) is 13.3. The summed E-state index contributed by atoms with van der Waals surface area (Å²) < 4.78 is 11.9. The lowest BCUT2D eigenvalue weighted by molar-refractivity contribution is 0.00578. The summed E-state index contributed by atoms with van der Waals surface area (Å²) in [6, 6.07) is 1.45. The molecular formula is C15H21BN2O4. The molecule has 0 radical (unpaired) electrons. The molecule has 118 valence electrons. The molecule has 1 aromatic heterocycles. The summed E-state index contributed by atoms with van der Waals surface area (Å²) in [5, 5.41) is 9.23. The largest absolute Gasteiger partial charge is 0.491 e. The summed E-state index contributed by atoms with van der Waals surface area (Å²) in [6.07, 6.45) is 4.61. The highest BCUT2D eigenvalue weighted by Gasteiger charge is 2.52. The Kier molecular flexibility index (Phi) is 4.42. The lowest BCUT2D eigenvalue weighted by Gasteiger charge is -2.32. The third-order valence-electron chi connectivity index (χ3n) is 4.21. The van der Waals surface area contributed by atoms with E-state index in [9.17, 15) is 9.90 Å². The first-order chi connectivity index (χ1) is 10.2. The Morgan fingerprint density at radius 3 is 2.45 bits per heavy atom. The molecule has 1 aliphatic rings. The normalized spacial score (nSPS) is 20.2. The first kappa shape index (κ1) is 16.7. The van der Waals surface area contributed by atoms with Gasteiger partial charge in [-0.2, -0.15) is 0 Å². The average Bonchev–Trinajstić information content (AvgIpc) is 2.64. The average molecular weight is 304 g/mol.